The molecular weight excluding hydrogens is 224 g/mol. The molecule has 0 aliphatic heterocycles. The highest BCUT2D eigenvalue weighted by Crippen LogP contribution is 2.32. The Bertz CT molecular complexity index is 594. The van der Waals surface area contributed by atoms with Crippen LogP contribution in [0.3, 0.4) is 0 Å². The highest BCUT2D eigenvalue weighted by Gasteiger charge is 2.06. The summed E-state index contributed by atoms with van der Waals surface area (Å²) in [5, 5.41) is 2.19. The Hall–Kier alpha value is -2.40. The molecule has 0 aliphatic rings. The average molecular weight is 238 g/mol. The minimum Gasteiger partial charge on any atom is -0.486 e. The van der Waals surface area contributed by atoms with Gasteiger partial charge in [0.05, 0.1) is 0 Å². The topological polar surface area (TPSA) is 18.5 Å². The third-order valence-electron chi connectivity index (χ3n) is 2.48. The lowest BCUT2D eigenvalue weighted by Crippen LogP contribution is -1.99. The molecular formula is C16H14O2. The van der Waals surface area contributed by atoms with Crippen molar-refractivity contribution in [1.82, 2.24) is 0 Å². The molecule has 0 fully saturated rings. The number of terminal acetylenes is 1. The molecule has 0 unspecified atom stereocenters. The Morgan fingerprint density at radius 1 is 1.11 bits per heavy atom. The van der Waals surface area contributed by atoms with Crippen molar-refractivity contribution in [3.63, 3.8) is 0 Å². The Morgan fingerprint density at radius 3 is 2.28 bits per heavy atom. The lowest BCUT2D eigenvalue weighted by Gasteiger charge is -2.11. The number of fused-ring (bicyclic) bond motifs is 1. The van der Waals surface area contributed by atoms with Gasteiger partial charge in [0.25, 0.3) is 0 Å². The van der Waals surface area contributed by atoms with Crippen LogP contribution in [-0.4, -0.2) is 13.2 Å². The first-order valence-electron chi connectivity index (χ1n) is 5.68. The first kappa shape index (κ1) is 12.1. The van der Waals surface area contributed by atoms with Gasteiger partial charge in [-0.3, -0.25) is 0 Å². The largest absolute Gasteiger partial charge is 0.486 e. The number of hydrogen-bond donors (Lipinski definition) is 0. The van der Waals surface area contributed by atoms with Gasteiger partial charge in [0, 0.05) is 0 Å². The van der Waals surface area contributed by atoms with Gasteiger partial charge >= 0.3 is 0 Å². The Kier molecular flexibility index (Phi) is 3.88. The van der Waals surface area contributed by atoms with E-state index in [1.807, 2.05) is 36.4 Å². The molecule has 2 rings (SSSR count). The molecule has 0 atom stereocenters. The highest BCUT2D eigenvalue weighted by molar-refractivity contribution is 5.86. The highest BCUT2D eigenvalue weighted by atomic mass is 16.5. The van der Waals surface area contributed by atoms with Gasteiger partial charge in [-0.05, 0) is 22.9 Å². The zero-order valence-corrected chi connectivity index (χ0v) is 10.1. The van der Waals surface area contributed by atoms with Crippen molar-refractivity contribution >= 4 is 10.8 Å². The Labute approximate surface area is 107 Å². The molecule has 18 heavy (non-hydrogen) atoms. The van der Waals surface area contributed by atoms with Crippen LogP contribution in [0.5, 0.6) is 11.5 Å². The van der Waals surface area contributed by atoms with E-state index in [4.69, 9.17) is 15.9 Å². The fourth-order valence-electron chi connectivity index (χ4n) is 1.69. The minimum atomic E-state index is 0.225. The van der Waals surface area contributed by atoms with Crippen LogP contribution in [0.15, 0.2) is 49.1 Å². The maximum Gasteiger partial charge on any atom is 0.163 e. The summed E-state index contributed by atoms with van der Waals surface area (Å²) in [5.41, 5.74) is 0. The van der Waals surface area contributed by atoms with Crippen LogP contribution < -0.4 is 9.47 Å². The number of rotatable bonds is 5. The molecule has 0 saturated heterocycles. The van der Waals surface area contributed by atoms with Crippen LogP contribution in [0.25, 0.3) is 10.8 Å². The molecule has 0 saturated carbocycles. The maximum absolute atomic E-state index is 5.58. The van der Waals surface area contributed by atoms with Crippen LogP contribution in [0.2, 0.25) is 0 Å². The summed E-state index contributed by atoms with van der Waals surface area (Å²) >= 11 is 0. The molecule has 2 heteroatoms. The smallest absolute Gasteiger partial charge is 0.163 e. The molecule has 0 spiro atoms. The van der Waals surface area contributed by atoms with E-state index in [2.05, 4.69) is 12.5 Å². The molecule has 2 nitrogen and oxygen atoms in total. The van der Waals surface area contributed by atoms with Crippen molar-refractivity contribution in [2.75, 3.05) is 13.2 Å². The molecule has 0 bridgehead atoms. The standard InChI is InChI=1S/C16H14O2/c1-3-9-17-15-11-13-7-5-6-8-14(13)12-16(15)18-10-4-2/h1,4-8,11-12H,2,9-10H2. The third kappa shape index (κ3) is 2.64. The lowest BCUT2D eigenvalue weighted by atomic mass is 10.1. The maximum atomic E-state index is 5.58. The Morgan fingerprint density at radius 2 is 1.72 bits per heavy atom. The summed E-state index contributed by atoms with van der Waals surface area (Å²) < 4.78 is 11.1. The Balaban J connectivity index is 2.42. The molecule has 2 aromatic carbocycles. The minimum absolute atomic E-state index is 0.225. The quantitative estimate of drug-likeness (QED) is 0.587. The van der Waals surface area contributed by atoms with Gasteiger partial charge < -0.3 is 9.47 Å². The molecule has 90 valence electrons. The normalized spacial score (nSPS) is 9.72. The third-order valence-corrected chi connectivity index (χ3v) is 2.48. The molecule has 0 radical (unpaired) electrons. The zero-order valence-electron chi connectivity index (χ0n) is 10.1. The van der Waals surface area contributed by atoms with Crippen LogP contribution in [0, 0.1) is 12.3 Å². The second kappa shape index (κ2) is 5.79. The monoisotopic (exact) mass is 238 g/mol. The van der Waals surface area contributed by atoms with E-state index in [1.54, 1.807) is 6.08 Å². The molecule has 0 amide bonds. The summed E-state index contributed by atoms with van der Waals surface area (Å²) in [4.78, 5) is 0. The van der Waals surface area contributed by atoms with Gasteiger partial charge in [-0.1, -0.05) is 42.8 Å². The number of ether oxygens (including phenoxy) is 2. The lowest BCUT2D eigenvalue weighted by molar-refractivity contribution is 0.312. The van der Waals surface area contributed by atoms with E-state index in [1.165, 1.54) is 0 Å². The van der Waals surface area contributed by atoms with Crippen molar-refractivity contribution in [3.05, 3.63) is 49.1 Å². The summed E-state index contributed by atoms with van der Waals surface area (Å²) in [6.07, 6.45) is 6.90. The van der Waals surface area contributed by atoms with Crippen molar-refractivity contribution in [3.8, 4) is 23.8 Å². The van der Waals surface area contributed by atoms with Gasteiger partial charge in [0.15, 0.2) is 11.5 Å². The van der Waals surface area contributed by atoms with Crippen molar-refractivity contribution in [1.29, 1.82) is 0 Å². The van der Waals surface area contributed by atoms with Crippen LogP contribution in [0.4, 0.5) is 0 Å². The van der Waals surface area contributed by atoms with E-state index in [0.717, 1.165) is 10.8 Å². The van der Waals surface area contributed by atoms with Gasteiger partial charge in [-0.15, -0.1) is 6.42 Å². The molecule has 0 heterocycles. The molecule has 0 aliphatic carbocycles. The SMILES string of the molecule is C#CCOc1cc2ccccc2cc1OCC=C. The number of hydrogen-bond acceptors (Lipinski definition) is 2. The van der Waals surface area contributed by atoms with Crippen molar-refractivity contribution < 1.29 is 9.47 Å². The fraction of sp³-hybridized carbons (Fsp3) is 0.125. The second-order valence-corrected chi connectivity index (χ2v) is 3.74. The van der Waals surface area contributed by atoms with Crippen LogP contribution >= 0.6 is 0 Å². The second-order valence-electron chi connectivity index (χ2n) is 3.74. The number of benzene rings is 2. The zero-order chi connectivity index (χ0) is 12.8. The predicted molar refractivity (Wildman–Crippen MR) is 74.0 cm³/mol. The van der Waals surface area contributed by atoms with Gasteiger partial charge in [0.2, 0.25) is 0 Å². The van der Waals surface area contributed by atoms with Crippen molar-refractivity contribution in [2.24, 2.45) is 0 Å². The summed E-state index contributed by atoms with van der Waals surface area (Å²) in [7, 11) is 0. The van der Waals surface area contributed by atoms with Crippen molar-refractivity contribution in [2.45, 2.75) is 0 Å². The van der Waals surface area contributed by atoms with Gasteiger partial charge in [-0.2, -0.15) is 0 Å². The summed E-state index contributed by atoms with van der Waals surface area (Å²) in [6, 6.07) is 11.9. The fourth-order valence-corrected chi connectivity index (χ4v) is 1.69. The summed E-state index contributed by atoms with van der Waals surface area (Å²) in [5.74, 6) is 3.79. The first-order chi connectivity index (χ1) is 8.85. The van der Waals surface area contributed by atoms with E-state index in [-0.39, 0.29) is 6.61 Å². The van der Waals surface area contributed by atoms with E-state index >= 15 is 0 Å². The molecule has 2 aromatic rings. The van der Waals surface area contributed by atoms with E-state index < -0.39 is 0 Å². The van der Waals surface area contributed by atoms with Crippen LogP contribution in [0.1, 0.15) is 0 Å². The first-order valence-corrected chi connectivity index (χ1v) is 5.68. The molecule has 0 N–H and O–H groups in total. The van der Waals surface area contributed by atoms with E-state index in [0.29, 0.717) is 18.1 Å². The van der Waals surface area contributed by atoms with Gasteiger partial charge in [0.1, 0.15) is 13.2 Å². The predicted octanol–water partition coefficient (Wildman–Crippen LogP) is 3.42. The average Bonchev–Trinajstić information content (AvgIpc) is 2.42. The van der Waals surface area contributed by atoms with Gasteiger partial charge in [-0.25, -0.2) is 0 Å². The van der Waals surface area contributed by atoms with Crippen LogP contribution in [-0.2, 0) is 0 Å². The van der Waals surface area contributed by atoms with E-state index in [9.17, 15) is 0 Å². The molecule has 0 aromatic heterocycles. The summed E-state index contributed by atoms with van der Waals surface area (Å²) in [6.45, 7) is 4.29.